The van der Waals surface area contributed by atoms with Crippen LogP contribution in [0, 0.1) is 17.0 Å². The van der Waals surface area contributed by atoms with Gasteiger partial charge in [0, 0.05) is 18.2 Å². The maximum atomic E-state index is 10.6. The van der Waals surface area contributed by atoms with E-state index < -0.39 is 4.92 Å². The molecule has 2 unspecified atom stereocenters. The number of nitro groups is 1. The van der Waals surface area contributed by atoms with Crippen LogP contribution in [0.1, 0.15) is 43.0 Å². The van der Waals surface area contributed by atoms with Crippen LogP contribution in [0.3, 0.4) is 0 Å². The lowest BCUT2D eigenvalue weighted by Crippen LogP contribution is -2.22. The minimum absolute atomic E-state index is 0.0777. The summed E-state index contributed by atoms with van der Waals surface area (Å²) >= 11 is 0. The molecule has 0 aliphatic heterocycles. The largest absolute Gasteiger partial charge is 0.465 e. The highest BCUT2D eigenvalue weighted by Crippen LogP contribution is 2.22. The van der Waals surface area contributed by atoms with Gasteiger partial charge in [-0.05, 0) is 38.5 Å². The summed E-state index contributed by atoms with van der Waals surface area (Å²) in [6.45, 7) is 5.96. The molecular weight excluding hydrogens is 256 g/mol. The quantitative estimate of drug-likeness (QED) is 0.663. The Morgan fingerprint density at radius 3 is 2.25 bits per heavy atom. The minimum Gasteiger partial charge on any atom is -0.465 e. The maximum Gasteiger partial charge on any atom is 0.269 e. The molecule has 0 saturated carbocycles. The van der Waals surface area contributed by atoms with Gasteiger partial charge in [-0.2, -0.15) is 0 Å². The summed E-state index contributed by atoms with van der Waals surface area (Å²) < 4.78 is 5.58. The molecule has 0 amide bonds. The van der Waals surface area contributed by atoms with Crippen molar-refractivity contribution in [3.63, 3.8) is 0 Å². The molecule has 1 heterocycles. The topological polar surface area (TPSA) is 68.3 Å². The van der Waals surface area contributed by atoms with Crippen LogP contribution >= 0.6 is 0 Å². The molecule has 2 atom stereocenters. The molecule has 20 heavy (non-hydrogen) atoms. The van der Waals surface area contributed by atoms with Crippen molar-refractivity contribution in [2.75, 3.05) is 0 Å². The number of non-ortho nitro benzene ring substituents is 1. The first-order valence-corrected chi connectivity index (χ1v) is 6.54. The van der Waals surface area contributed by atoms with Crippen LogP contribution in [0.5, 0.6) is 0 Å². The number of furan rings is 1. The molecule has 106 valence electrons. The summed E-state index contributed by atoms with van der Waals surface area (Å²) in [6.07, 6.45) is 0. The van der Waals surface area contributed by atoms with Gasteiger partial charge in [-0.3, -0.25) is 10.1 Å². The molecule has 1 aromatic carbocycles. The summed E-state index contributed by atoms with van der Waals surface area (Å²) in [4.78, 5) is 10.2. The molecule has 0 bridgehead atoms. The molecule has 0 aliphatic carbocycles. The lowest BCUT2D eigenvalue weighted by molar-refractivity contribution is -0.384. The van der Waals surface area contributed by atoms with E-state index in [9.17, 15) is 10.1 Å². The van der Waals surface area contributed by atoms with E-state index in [0.29, 0.717) is 0 Å². The molecule has 1 N–H and O–H groups in total. The summed E-state index contributed by atoms with van der Waals surface area (Å²) in [5, 5.41) is 14.0. The molecule has 5 nitrogen and oxygen atoms in total. The van der Waals surface area contributed by atoms with Crippen LogP contribution in [-0.4, -0.2) is 4.92 Å². The molecule has 5 heteroatoms. The fraction of sp³-hybridized carbons (Fsp3) is 0.333. The van der Waals surface area contributed by atoms with Crippen molar-refractivity contribution in [1.29, 1.82) is 0 Å². The fourth-order valence-electron chi connectivity index (χ4n) is 2.12. The second-order valence-corrected chi connectivity index (χ2v) is 4.91. The lowest BCUT2D eigenvalue weighted by atomic mass is 10.1. The van der Waals surface area contributed by atoms with Gasteiger partial charge in [0.05, 0.1) is 11.0 Å². The Kier molecular flexibility index (Phi) is 4.20. The average molecular weight is 274 g/mol. The Labute approximate surface area is 117 Å². The molecule has 0 fully saturated rings. The van der Waals surface area contributed by atoms with Gasteiger partial charge in [-0.1, -0.05) is 12.1 Å². The predicted molar refractivity (Wildman–Crippen MR) is 76.5 cm³/mol. The molecule has 2 aromatic rings. The van der Waals surface area contributed by atoms with Crippen LogP contribution in [0.4, 0.5) is 5.69 Å². The van der Waals surface area contributed by atoms with Gasteiger partial charge in [0.15, 0.2) is 0 Å². The van der Waals surface area contributed by atoms with Crippen molar-refractivity contribution >= 4 is 5.69 Å². The van der Waals surface area contributed by atoms with Crippen LogP contribution in [0.25, 0.3) is 0 Å². The number of nitrogens with zero attached hydrogens (tertiary/aromatic N) is 1. The van der Waals surface area contributed by atoms with Crippen molar-refractivity contribution in [1.82, 2.24) is 5.32 Å². The van der Waals surface area contributed by atoms with Crippen molar-refractivity contribution in [3.05, 3.63) is 63.6 Å². The number of hydrogen-bond acceptors (Lipinski definition) is 4. The van der Waals surface area contributed by atoms with Crippen molar-refractivity contribution in [2.24, 2.45) is 0 Å². The third kappa shape index (κ3) is 3.24. The van der Waals surface area contributed by atoms with E-state index >= 15 is 0 Å². The maximum absolute atomic E-state index is 10.6. The predicted octanol–water partition coefficient (Wildman–Crippen LogP) is 3.91. The second-order valence-electron chi connectivity index (χ2n) is 4.91. The number of aryl methyl sites for hydroxylation is 1. The molecule has 0 radical (unpaired) electrons. The number of rotatable bonds is 5. The number of nitrogens with one attached hydrogen (secondary N) is 1. The average Bonchev–Trinajstić information content (AvgIpc) is 2.85. The van der Waals surface area contributed by atoms with Crippen LogP contribution in [0.2, 0.25) is 0 Å². The van der Waals surface area contributed by atoms with Gasteiger partial charge in [0.25, 0.3) is 5.69 Å². The Balaban J connectivity index is 2.04. The summed E-state index contributed by atoms with van der Waals surface area (Å²) in [6, 6.07) is 10.6. The third-order valence-electron chi connectivity index (χ3n) is 3.29. The molecule has 0 aliphatic rings. The summed E-state index contributed by atoms with van der Waals surface area (Å²) in [5.74, 6) is 1.77. The Morgan fingerprint density at radius 1 is 1.10 bits per heavy atom. The monoisotopic (exact) mass is 274 g/mol. The van der Waals surface area contributed by atoms with E-state index in [1.165, 1.54) is 12.1 Å². The van der Waals surface area contributed by atoms with E-state index in [1.54, 1.807) is 12.1 Å². The molecule has 0 saturated heterocycles. The van der Waals surface area contributed by atoms with Gasteiger partial charge in [0.2, 0.25) is 0 Å². The van der Waals surface area contributed by atoms with Gasteiger partial charge in [-0.15, -0.1) is 0 Å². The number of benzene rings is 1. The standard InChI is InChI=1S/C15H18N2O3/c1-10-4-9-15(20-10)12(3)16-11(2)13-5-7-14(8-6-13)17(18)19/h4-9,11-12,16H,1-3H3. The van der Waals surface area contributed by atoms with Gasteiger partial charge < -0.3 is 9.73 Å². The van der Waals surface area contributed by atoms with Crippen LogP contribution in [0.15, 0.2) is 40.8 Å². The summed E-state index contributed by atoms with van der Waals surface area (Å²) in [5.41, 5.74) is 1.11. The minimum atomic E-state index is -0.393. The van der Waals surface area contributed by atoms with Crippen LogP contribution < -0.4 is 5.32 Å². The summed E-state index contributed by atoms with van der Waals surface area (Å²) in [7, 11) is 0. The Morgan fingerprint density at radius 2 is 1.75 bits per heavy atom. The van der Waals surface area contributed by atoms with E-state index in [1.807, 2.05) is 32.9 Å². The van der Waals surface area contributed by atoms with Gasteiger partial charge in [0.1, 0.15) is 11.5 Å². The highest BCUT2D eigenvalue weighted by Gasteiger charge is 2.14. The first-order valence-electron chi connectivity index (χ1n) is 6.54. The van der Waals surface area contributed by atoms with E-state index in [-0.39, 0.29) is 17.8 Å². The number of hydrogen-bond donors (Lipinski definition) is 1. The van der Waals surface area contributed by atoms with Crippen molar-refractivity contribution in [2.45, 2.75) is 32.9 Å². The van der Waals surface area contributed by atoms with Gasteiger partial charge >= 0.3 is 0 Å². The molecular formula is C15H18N2O3. The zero-order valence-electron chi connectivity index (χ0n) is 11.8. The highest BCUT2D eigenvalue weighted by atomic mass is 16.6. The smallest absolute Gasteiger partial charge is 0.269 e. The lowest BCUT2D eigenvalue weighted by Gasteiger charge is -2.18. The van der Waals surface area contributed by atoms with E-state index in [0.717, 1.165) is 17.1 Å². The third-order valence-corrected chi connectivity index (χ3v) is 3.29. The van der Waals surface area contributed by atoms with Gasteiger partial charge in [-0.25, -0.2) is 0 Å². The Hall–Kier alpha value is -2.14. The number of nitro benzene ring substituents is 1. The second kappa shape index (κ2) is 5.88. The normalized spacial score (nSPS) is 13.9. The zero-order valence-corrected chi connectivity index (χ0v) is 11.8. The highest BCUT2D eigenvalue weighted by molar-refractivity contribution is 5.34. The molecule has 0 spiro atoms. The van der Waals surface area contributed by atoms with E-state index in [4.69, 9.17) is 4.42 Å². The molecule has 2 rings (SSSR count). The Bertz CT molecular complexity index is 589. The van der Waals surface area contributed by atoms with Crippen molar-refractivity contribution < 1.29 is 9.34 Å². The van der Waals surface area contributed by atoms with Crippen LogP contribution in [-0.2, 0) is 0 Å². The SMILES string of the molecule is Cc1ccc(C(C)NC(C)c2ccc([N+](=O)[O-])cc2)o1. The van der Waals surface area contributed by atoms with Crippen molar-refractivity contribution in [3.8, 4) is 0 Å². The molecule has 1 aromatic heterocycles. The fourth-order valence-corrected chi connectivity index (χ4v) is 2.12. The zero-order chi connectivity index (χ0) is 14.7. The first-order chi connectivity index (χ1) is 9.47. The van der Waals surface area contributed by atoms with E-state index in [2.05, 4.69) is 5.32 Å². The first kappa shape index (κ1) is 14.3.